The second-order valence-electron chi connectivity index (χ2n) is 6.50. The van der Waals surface area contributed by atoms with Crippen LogP contribution >= 0.6 is 0 Å². The van der Waals surface area contributed by atoms with E-state index in [-0.39, 0.29) is 0 Å². The summed E-state index contributed by atoms with van der Waals surface area (Å²) in [5, 5.41) is 3.78. The lowest BCUT2D eigenvalue weighted by molar-refractivity contribution is 0.0663. The van der Waals surface area contributed by atoms with Gasteiger partial charge in [-0.3, -0.25) is 4.90 Å². The lowest BCUT2D eigenvalue weighted by atomic mass is 9.93. The SMILES string of the molecule is CCCCCC(C)N1CC(C(C)CC)NCC1CC. The molecule has 1 fully saturated rings. The predicted molar refractivity (Wildman–Crippen MR) is 85.6 cm³/mol. The van der Waals surface area contributed by atoms with Crippen LogP contribution in [-0.2, 0) is 0 Å². The van der Waals surface area contributed by atoms with Gasteiger partial charge in [0.05, 0.1) is 0 Å². The van der Waals surface area contributed by atoms with Gasteiger partial charge in [0.1, 0.15) is 0 Å². The van der Waals surface area contributed by atoms with Gasteiger partial charge in [-0.15, -0.1) is 0 Å². The Morgan fingerprint density at radius 2 is 1.89 bits per heavy atom. The van der Waals surface area contributed by atoms with Gasteiger partial charge in [-0.1, -0.05) is 53.4 Å². The van der Waals surface area contributed by atoms with Crippen molar-refractivity contribution in [2.75, 3.05) is 13.1 Å². The molecule has 1 aliphatic heterocycles. The number of piperazine rings is 1. The van der Waals surface area contributed by atoms with Crippen molar-refractivity contribution in [2.24, 2.45) is 5.92 Å². The van der Waals surface area contributed by atoms with Gasteiger partial charge in [-0.25, -0.2) is 0 Å². The fourth-order valence-electron chi connectivity index (χ4n) is 3.29. The van der Waals surface area contributed by atoms with Gasteiger partial charge in [0.15, 0.2) is 0 Å². The summed E-state index contributed by atoms with van der Waals surface area (Å²) in [7, 11) is 0. The van der Waals surface area contributed by atoms with E-state index in [9.17, 15) is 0 Å². The Balaban J connectivity index is 2.53. The highest BCUT2D eigenvalue weighted by Gasteiger charge is 2.31. The van der Waals surface area contributed by atoms with Crippen LogP contribution in [0.5, 0.6) is 0 Å². The smallest absolute Gasteiger partial charge is 0.0221 e. The number of nitrogens with one attached hydrogen (secondary N) is 1. The van der Waals surface area contributed by atoms with Crippen LogP contribution in [0.1, 0.15) is 73.1 Å². The summed E-state index contributed by atoms with van der Waals surface area (Å²) < 4.78 is 0. The van der Waals surface area contributed by atoms with Gasteiger partial charge in [0.2, 0.25) is 0 Å². The molecule has 4 unspecified atom stereocenters. The van der Waals surface area contributed by atoms with E-state index in [4.69, 9.17) is 0 Å². The Morgan fingerprint density at radius 3 is 2.47 bits per heavy atom. The second kappa shape index (κ2) is 8.97. The number of rotatable bonds is 8. The molecule has 1 heterocycles. The molecule has 0 aromatic rings. The topological polar surface area (TPSA) is 15.3 Å². The monoisotopic (exact) mass is 268 g/mol. The normalized spacial score (nSPS) is 28.3. The Labute approximate surface area is 121 Å². The number of hydrogen-bond acceptors (Lipinski definition) is 2. The molecule has 0 amide bonds. The van der Waals surface area contributed by atoms with Crippen LogP contribution in [0.25, 0.3) is 0 Å². The van der Waals surface area contributed by atoms with Crippen LogP contribution < -0.4 is 5.32 Å². The first kappa shape index (κ1) is 17.0. The molecule has 0 radical (unpaired) electrons. The molecule has 1 aliphatic rings. The summed E-state index contributed by atoms with van der Waals surface area (Å²) in [6, 6.07) is 2.20. The van der Waals surface area contributed by atoms with E-state index in [0.29, 0.717) is 6.04 Å². The van der Waals surface area contributed by atoms with Crippen molar-refractivity contribution in [3.63, 3.8) is 0 Å². The van der Waals surface area contributed by atoms with E-state index in [1.54, 1.807) is 0 Å². The zero-order valence-corrected chi connectivity index (χ0v) is 13.9. The van der Waals surface area contributed by atoms with Crippen molar-refractivity contribution in [3.8, 4) is 0 Å². The van der Waals surface area contributed by atoms with Crippen LogP contribution in [0.3, 0.4) is 0 Å². The minimum absolute atomic E-state index is 0.696. The minimum atomic E-state index is 0.696. The highest BCUT2D eigenvalue weighted by atomic mass is 15.3. The molecule has 1 N–H and O–H groups in total. The summed E-state index contributed by atoms with van der Waals surface area (Å²) in [5.41, 5.74) is 0. The van der Waals surface area contributed by atoms with E-state index in [0.717, 1.165) is 18.0 Å². The van der Waals surface area contributed by atoms with Crippen LogP contribution in [0.4, 0.5) is 0 Å². The van der Waals surface area contributed by atoms with Crippen molar-refractivity contribution in [2.45, 2.75) is 91.3 Å². The maximum absolute atomic E-state index is 3.78. The first-order valence-corrected chi connectivity index (χ1v) is 8.63. The van der Waals surface area contributed by atoms with E-state index in [1.807, 2.05) is 0 Å². The fraction of sp³-hybridized carbons (Fsp3) is 1.00. The van der Waals surface area contributed by atoms with Crippen LogP contribution in [0, 0.1) is 5.92 Å². The molecular weight excluding hydrogens is 232 g/mol. The number of unbranched alkanes of at least 4 members (excludes halogenated alkanes) is 2. The molecule has 4 atom stereocenters. The van der Waals surface area contributed by atoms with Gasteiger partial charge in [0, 0.05) is 31.2 Å². The molecule has 1 saturated heterocycles. The Kier molecular flexibility index (Phi) is 8.01. The van der Waals surface area contributed by atoms with Crippen molar-refractivity contribution in [1.29, 1.82) is 0 Å². The molecule has 114 valence electrons. The first-order valence-electron chi connectivity index (χ1n) is 8.63. The van der Waals surface area contributed by atoms with Crippen LogP contribution in [-0.4, -0.2) is 36.1 Å². The van der Waals surface area contributed by atoms with E-state index >= 15 is 0 Å². The zero-order chi connectivity index (χ0) is 14.3. The van der Waals surface area contributed by atoms with Crippen molar-refractivity contribution >= 4 is 0 Å². The molecule has 19 heavy (non-hydrogen) atoms. The summed E-state index contributed by atoms with van der Waals surface area (Å²) in [5.74, 6) is 0.795. The zero-order valence-electron chi connectivity index (χ0n) is 13.9. The fourth-order valence-corrected chi connectivity index (χ4v) is 3.29. The third kappa shape index (κ3) is 5.07. The van der Waals surface area contributed by atoms with Crippen LogP contribution in [0.2, 0.25) is 0 Å². The van der Waals surface area contributed by atoms with E-state index in [1.165, 1.54) is 51.6 Å². The Bertz CT molecular complexity index is 229. The molecule has 0 aromatic heterocycles. The van der Waals surface area contributed by atoms with Gasteiger partial charge >= 0.3 is 0 Å². The highest BCUT2D eigenvalue weighted by Crippen LogP contribution is 2.21. The first-order chi connectivity index (χ1) is 9.13. The summed E-state index contributed by atoms with van der Waals surface area (Å²) in [6.45, 7) is 14.2. The minimum Gasteiger partial charge on any atom is -0.311 e. The number of nitrogens with zero attached hydrogens (tertiary/aromatic N) is 1. The summed E-state index contributed by atoms with van der Waals surface area (Å²) >= 11 is 0. The highest BCUT2D eigenvalue weighted by molar-refractivity contribution is 4.90. The van der Waals surface area contributed by atoms with E-state index < -0.39 is 0 Å². The van der Waals surface area contributed by atoms with E-state index in [2.05, 4.69) is 44.8 Å². The standard InChI is InChI=1S/C17H36N2/c1-6-9-10-11-15(5)19-13-17(14(4)7-2)18-12-16(19)8-3/h14-18H,6-13H2,1-5H3. The molecule has 2 nitrogen and oxygen atoms in total. The molecule has 0 saturated carbocycles. The average Bonchev–Trinajstić information content (AvgIpc) is 2.45. The molecule has 0 aromatic carbocycles. The van der Waals surface area contributed by atoms with Gasteiger partial charge < -0.3 is 5.32 Å². The van der Waals surface area contributed by atoms with Crippen molar-refractivity contribution in [1.82, 2.24) is 10.2 Å². The molecule has 0 spiro atoms. The van der Waals surface area contributed by atoms with Crippen LogP contribution in [0.15, 0.2) is 0 Å². The van der Waals surface area contributed by atoms with Crippen molar-refractivity contribution < 1.29 is 0 Å². The summed E-state index contributed by atoms with van der Waals surface area (Å²) in [4.78, 5) is 2.79. The Hall–Kier alpha value is -0.0800. The average molecular weight is 268 g/mol. The van der Waals surface area contributed by atoms with Gasteiger partial charge in [-0.05, 0) is 25.7 Å². The lowest BCUT2D eigenvalue weighted by Crippen LogP contribution is -2.60. The molecule has 1 rings (SSSR count). The maximum Gasteiger partial charge on any atom is 0.0221 e. The summed E-state index contributed by atoms with van der Waals surface area (Å²) in [6.07, 6.45) is 8.05. The molecular formula is C17H36N2. The lowest BCUT2D eigenvalue weighted by Gasteiger charge is -2.45. The third-order valence-corrected chi connectivity index (χ3v) is 5.09. The maximum atomic E-state index is 3.78. The largest absolute Gasteiger partial charge is 0.311 e. The number of hydrogen-bond donors (Lipinski definition) is 1. The quantitative estimate of drug-likeness (QED) is 0.668. The molecule has 0 aliphatic carbocycles. The second-order valence-corrected chi connectivity index (χ2v) is 6.50. The predicted octanol–water partition coefficient (Wildman–Crippen LogP) is 4.05. The molecule has 0 bridgehead atoms. The van der Waals surface area contributed by atoms with Gasteiger partial charge in [-0.2, -0.15) is 0 Å². The molecule has 2 heteroatoms. The Morgan fingerprint density at radius 1 is 1.16 bits per heavy atom. The van der Waals surface area contributed by atoms with Gasteiger partial charge in [0.25, 0.3) is 0 Å². The third-order valence-electron chi connectivity index (χ3n) is 5.09. The van der Waals surface area contributed by atoms with Crippen molar-refractivity contribution in [3.05, 3.63) is 0 Å².